The van der Waals surface area contributed by atoms with Gasteiger partial charge in [-0.1, -0.05) is 6.07 Å². The number of amides is 2. The van der Waals surface area contributed by atoms with Gasteiger partial charge in [-0.3, -0.25) is 0 Å². The maximum absolute atomic E-state index is 12.1. The number of carbonyl (C=O) groups excluding carboxylic acids is 1. The highest BCUT2D eigenvalue weighted by molar-refractivity contribution is 5.89. The van der Waals surface area contributed by atoms with Gasteiger partial charge < -0.3 is 25.2 Å². The Labute approximate surface area is 160 Å². The minimum absolute atomic E-state index is 0.248. The molecule has 0 unspecified atom stereocenters. The van der Waals surface area contributed by atoms with Crippen LogP contribution in [0.3, 0.4) is 0 Å². The van der Waals surface area contributed by atoms with Crippen LogP contribution in [0.4, 0.5) is 16.3 Å². The zero-order chi connectivity index (χ0) is 19.1. The SMILES string of the molecule is CCOc1ccc(NC(=O)NCc2ccc(N3CCN(C)CC3)nc2)cc1. The number of ether oxygens (including phenoxy) is 1. The van der Waals surface area contributed by atoms with Gasteiger partial charge in [-0.25, -0.2) is 9.78 Å². The van der Waals surface area contributed by atoms with E-state index < -0.39 is 0 Å². The summed E-state index contributed by atoms with van der Waals surface area (Å²) < 4.78 is 5.39. The number of pyridine rings is 1. The molecule has 7 heteroatoms. The van der Waals surface area contributed by atoms with Gasteiger partial charge in [-0.15, -0.1) is 0 Å². The quantitative estimate of drug-likeness (QED) is 0.819. The molecule has 0 spiro atoms. The van der Waals surface area contributed by atoms with Gasteiger partial charge in [0.15, 0.2) is 0 Å². The zero-order valence-corrected chi connectivity index (χ0v) is 15.9. The van der Waals surface area contributed by atoms with E-state index in [0.29, 0.717) is 13.2 Å². The number of rotatable bonds is 6. The average molecular weight is 369 g/mol. The molecular weight excluding hydrogens is 342 g/mol. The third-order valence-electron chi connectivity index (χ3n) is 4.51. The Morgan fingerprint density at radius 3 is 2.48 bits per heavy atom. The number of aromatic nitrogens is 1. The Hall–Kier alpha value is -2.80. The van der Waals surface area contributed by atoms with Gasteiger partial charge >= 0.3 is 6.03 Å². The van der Waals surface area contributed by atoms with Gasteiger partial charge in [0.1, 0.15) is 11.6 Å². The largest absolute Gasteiger partial charge is 0.494 e. The average Bonchev–Trinajstić information content (AvgIpc) is 2.69. The zero-order valence-electron chi connectivity index (χ0n) is 15.9. The standard InChI is InChI=1S/C20H27N5O2/c1-3-27-18-7-5-17(6-8-18)23-20(26)22-15-16-4-9-19(21-14-16)25-12-10-24(2)11-13-25/h4-9,14H,3,10-13,15H2,1-2H3,(H2,22,23,26). The van der Waals surface area contributed by atoms with E-state index in [2.05, 4.69) is 32.5 Å². The smallest absolute Gasteiger partial charge is 0.319 e. The summed E-state index contributed by atoms with van der Waals surface area (Å²) in [5, 5.41) is 5.66. The first kappa shape index (κ1) is 19.0. The van der Waals surface area contributed by atoms with Crippen molar-refractivity contribution in [2.75, 3.05) is 50.1 Å². The first-order chi connectivity index (χ1) is 13.1. The molecule has 144 valence electrons. The van der Waals surface area contributed by atoms with E-state index in [1.54, 1.807) is 0 Å². The first-order valence-electron chi connectivity index (χ1n) is 9.30. The van der Waals surface area contributed by atoms with E-state index in [4.69, 9.17) is 4.74 Å². The van der Waals surface area contributed by atoms with Crippen LogP contribution in [0.5, 0.6) is 5.75 Å². The van der Waals surface area contributed by atoms with Crippen LogP contribution in [-0.2, 0) is 6.54 Å². The molecule has 0 radical (unpaired) electrons. The summed E-state index contributed by atoms with van der Waals surface area (Å²) in [5.74, 6) is 1.78. The van der Waals surface area contributed by atoms with Crippen LogP contribution in [0.1, 0.15) is 12.5 Å². The Balaban J connectivity index is 1.45. The lowest BCUT2D eigenvalue weighted by molar-refractivity contribution is 0.251. The lowest BCUT2D eigenvalue weighted by Gasteiger charge is -2.33. The Kier molecular flexibility index (Phi) is 6.49. The number of piperazine rings is 1. The molecule has 2 N–H and O–H groups in total. The highest BCUT2D eigenvalue weighted by Crippen LogP contribution is 2.16. The maximum Gasteiger partial charge on any atom is 0.319 e. The van der Waals surface area contributed by atoms with Gasteiger partial charge in [0.25, 0.3) is 0 Å². The number of carbonyl (C=O) groups is 1. The second-order valence-corrected chi connectivity index (χ2v) is 6.58. The van der Waals surface area contributed by atoms with Crippen molar-refractivity contribution in [2.24, 2.45) is 0 Å². The summed E-state index contributed by atoms with van der Waals surface area (Å²) in [6.07, 6.45) is 1.82. The number of hydrogen-bond donors (Lipinski definition) is 2. The molecule has 0 bridgehead atoms. The van der Waals surface area contributed by atoms with Crippen molar-refractivity contribution >= 4 is 17.5 Å². The number of nitrogens with zero attached hydrogens (tertiary/aromatic N) is 3. The molecule has 1 aliphatic rings. The van der Waals surface area contributed by atoms with Crippen LogP contribution in [0.15, 0.2) is 42.6 Å². The van der Waals surface area contributed by atoms with Crippen molar-refractivity contribution in [3.8, 4) is 5.75 Å². The third-order valence-corrected chi connectivity index (χ3v) is 4.51. The fourth-order valence-corrected chi connectivity index (χ4v) is 2.90. The van der Waals surface area contributed by atoms with Crippen LogP contribution < -0.4 is 20.3 Å². The topological polar surface area (TPSA) is 69.7 Å². The molecule has 0 aliphatic carbocycles. The molecule has 3 rings (SSSR count). The molecule has 1 aliphatic heterocycles. The molecule has 7 nitrogen and oxygen atoms in total. The normalized spacial score (nSPS) is 14.7. The van der Waals surface area contributed by atoms with Gasteiger partial charge in [0, 0.05) is 44.6 Å². The second kappa shape index (κ2) is 9.23. The second-order valence-electron chi connectivity index (χ2n) is 6.58. The molecule has 2 amide bonds. The highest BCUT2D eigenvalue weighted by atomic mass is 16.5. The molecular formula is C20H27N5O2. The van der Waals surface area contributed by atoms with E-state index >= 15 is 0 Å². The summed E-state index contributed by atoms with van der Waals surface area (Å²) in [6, 6.07) is 11.1. The van der Waals surface area contributed by atoms with Crippen LogP contribution in [0.25, 0.3) is 0 Å². The fraction of sp³-hybridized carbons (Fsp3) is 0.400. The lowest BCUT2D eigenvalue weighted by atomic mass is 10.2. The summed E-state index contributed by atoms with van der Waals surface area (Å²) in [4.78, 5) is 21.2. The molecule has 0 saturated carbocycles. The van der Waals surface area contributed by atoms with Crippen LogP contribution in [-0.4, -0.2) is 55.7 Å². The fourth-order valence-electron chi connectivity index (χ4n) is 2.90. The lowest BCUT2D eigenvalue weighted by Crippen LogP contribution is -2.44. The maximum atomic E-state index is 12.1. The number of likely N-dealkylation sites (N-methyl/N-ethyl adjacent to an activating group) is 1. The summed E-state index contributed by atoms with van der Waals surface area (Å²) in [7, 11) is 2.14. The number of anilines is 2. The summed E-state index contributed by atoms with van der Waals surface area (Å²) in [6.45, 7) is 7.07. The monoisotopic (exact) mass is 369 g/mol. The predicted molar refractivity (Wildman–Crippen MR) is 107 cm³/mol. The number of urea groups is 1. The van der Waals surface area contributed by atoms with Gasteiger partial charge in [-0.2, -0.15) is 0 Å². The molecule has 1 aromatic heterocycles. The van der Waals surface area contributed by atoms with Crippen LogP contribution in [0, 0.1) is 0 Å². The predicted octanol–water partition coefficient (Wildman–Crippen LogP) is 2.55. The molecule has 1 fully saturated rings. The number of hydrogen-bond acceptors (Lipinski definition) is 5. The van der Waals surface area contributed by atoms with E-state index in [0.717, 1.165) is 49.0 Å². The van der Waals surface area contributed by atoms with Crippen molar-refractivity contribution in [2.45, 2.75) is 13.5 Å². The molecule has 2 heterocycles. The van der Waals surface area contributed by atoms with Crippen molar-refractivity contribution in [1.29, 1.82) is 0 Å². The van der Waals surface area contributed by atoms with E-state index in [1.165, 1.54) is 0 Å². The Morgan fingerprint density at radius 1 is 1.11 bits per heavy atom. The Bertz CT molecular complexity index is 725. The first-order valence-corrected chi connectivity index (χ1v) is 9.30. The van der Waals surface area contributed by atoms with Crippen molar-refractivity contribution in [3.05, 3.63) is 48.2 Å². The summed E-state index contributed by atoms with van der Waals surface area (Å²) >= 11 is 0. The third kappa shape index (κ3) is 5.59. The van der Waals surface area contributed by atoms with E-state index in [1.807, 2.05) is 49.5 Å². The molecule has 1 aromatic carbocycles. The minimum atomic E-state index is -0.248. The van der Waals surface area contributed by atoms with Crippen LogP contribution >= 0.6 is 0 Å². The van der Waals surface area contributed by atoms with Crippen LogP contribution in [0.2, 0.25) is 0 Å². The summed E-state index contributed by atoms with van der Waals surface area (Å²) in [5.41, 5.74) is 1.69. The van der Waals surface area contributed by atoms with E-state index in [-0.39, 0.29) is 6.03 Å². The Morgan fingerprint density at radius 2 is 1.85 bits per heavy atom. The van der Waals surface area contributed by atoms with Crippen molar-refractivity contribution in [1.82, 2.24) is 15.2 Å². The van der Waals surface area contributed by atoms with Gasteiger partial charge in [-0.05, 0) is 49.9 Å². The highest BCUT2D eigenvalue weighted by Gasteiger charge is 2.15. The van der Waals surface area contributed by atoms with Crippen molar-refractivity contribution < 1.29 is 9.53 Å². The molecule has 1 saturated heterocycles. The molecule has 27 heavy (non-hydrogen) atoms. The van der Waals surface area contributed by atoms with Crippen molar-refractivity contribution in [3.63, 3.8) is 0 Å². The van der Waals surface area contributed by atoms with Gasteiger partial charge in [0.2, 0.25) is 0 Å². The number of nitrogens with one attached hydrogen (secondary N) is 2. The van der Waals surface area contributed by atoms with Gasteiger partial charge in [0.05, 0.1) is 6.61 Å². The molecule has 0 atom stereocenters. The number of benzene rings is 1. The molecule has 2 aromatic rings. The minimum Gasteiger partial charge on any atom is -0.494 e. The van der Waals surface area contributed by atoms with E-state index in [9.17, 15) is 4.79 Å².